The number of hydrogen-bond acceptors (Lipinski definition) is 23. The molecule has 0 radical (unpaired) electrons. The van der Waals surface area contributed by atoms with Gasteiger partial charge >= 0.3 is 17.6 Å². The fraction of sp³-hybridized carbons (Fsp3) is 0.541. The fourth-order valence-corrected chi connectivity index (χ4v) is 12.0. The van der Waals surface area contributed by atoms with Crippen molar-refractivity contribution in [3.8, 4) is 11.4 Å². The molecular formula is C61H86N10O18S2. The SMILES string of the molecule is CC(C)(C)OC(=O)[C@H](Cc1ccc(-n2c(=O)n(CC(=O)Oc3ccc([N+](=O)[O-])cc3)c3cccnc32)cc1)NC(=O)[C@H]1N(S(=O)(=O)c2cccnc2)CSC1(C)C.NCCOCCOCCC(=O)CCCCOCCOCCCNC(=O)CCOCCOCCN. The highest BCUT2D eigenvalue weighted by Gasteiger charge is 2.52. The van der Waals surface area contributed by atoms with Gasteiger partial charge in [0.1, 0.15) is 40.7 Å². The zero-order valence-electron chi connectivity index (χ0n) is 52.3. The second kappa shape index (κ2) is 38.7. The van der Waals surface area contributed by atoms with Crippen LogP contribution in [0.1, 0.15) is 78.7 Å². The fourth-order valence-electron chi connectivity index (χ4n) is 8.88. The van der Waals surface area contributed by atoms with Crippen molar-refractivity contribution in [1.29, 1.82) is 0 Å². The summed E-state index contributed by atoms with van der Waals surface area (Å²) in [6.45, 7) is 15.7. The molecule has 30 heteroatoms. The first-order valence-electron chi connectivity index (χ1n) is 29.9. The lowest BCUT2D eigenvalue weighted by atomic mass is 10.0. The number of ether oxygens (including phenoxy) is 8. The predicted molar refractivity (Wildman–Crippen MR) is 338 cm³/mol. The van der Waals surface area contributed by atoms with Gasteiger partial charge in [-0.05, 0) is 108 Å². The van der Waals surface area contributed by atoms with Gasteiger partial charge in [-0.15, -0.1) is 11.8 Å². The van der Waals surface area contributed by atoms with Gasteiger partial charge in [0.15, 0.2) is 5.65 Å². The van der Waals surface area contributed by atoms with E-state index in [0.717, 1.165) is 23.6 Å². The number of nitro benzene ring substituents is 1. The number of Topliss-reactive ketones (excluding diaryl/α,β-unsaturated/α-hetero) is 1. The van der Waals surface area contributed by atoms with Crippen molar-refractivity contribution in [2.24, 2.45) is 11.5 Å². The van der Waals surface area contributed by atoms with Gasteiger partial charge in [-0.2, -0.15) is 4.31 Å². The number of nitrogens with one attached hydrogen (secondary N) is 2. The van der Waals surface area contributed by atoms with Crippen LogP contribution in [0, 0.1) is 10.1 Å². The lowest BCUT2D eigenvalue weighted by Gasteiger charge is -2.32. The molecule has 500 valence electrons. The van der Waals surface area contributed by atoms with Gasteiger partial charge in [-0.1, -0.05) is 12.1 Å². The Hall–Kier alpha value is -7.10. The third-order valence-corrected chi connectivity index (χ3v) is 16.7. The summed E-state index contributed by atoms with van der Waals surface area (Å²) in [6.07, 6.45) is 7.83. The Morgan fingerprint density at radius 1 is 0.769 bits per heavy atom. The Bertz CT molecular complexity index is 3220. The molecule has 1 aliphatic heterocycles. The number of nitrogens with zero attached hydrogens (tertiary/aromatic N) is 6. The number of fused-ring (bicyclic) bond motifs is 1. The number of nitrogens with two attached hydrogens (primary N) is 2. The van der Waals surface area contributed by atoms with E-state index in [0.29, 0.717) is 135 Å². The Morgan fingerprint density at radius 2 is 1.37 bits per heavy atom. The number of thioether (sulfide) groups is 1. The zero-order chi connectivity index (χ0) is 66.2. The molecule has 28 nitrogen and oxygen atoms in total. The van der Waals surface area contributed by atoms with Crippen molar-refractivity contribution >= 4 is 68.2 Å². The number of esters is 2. The number of hydrogen-bond donors (Lipinski definition) is 4. The number of ketones is 1. The summed E-state index contributed by atoms with van der Waals surface area (Å²) in [5.41, 5.74) is 10.5. The van der Waals surface area contributed by atoms with Crippen LogP contribution in [0.3, 0.4) is 0 Å². The largest absolute Gasteiger partial charge is 0.458 e. The molecule has 2 amide bonds. The van der Waals surface area contributed by atoms with Crippen molar-refractivity contribution in [2.75, 3.05) is 105 Å². The van der Waals surface area contributed by atoms with Crippen LogP contribution in [0.15, 0.2) is 101 Å². The maximum Gasteiger partial charge on any atom is 0.335 e. The number of benzene rings is 2. The second-order valence-corrected chi connectivity index (χ2v) is 25.5. The Balaban J connectivity index is 0.000000380. The Labute approximate surface area is 533 Å². The van der Waals surface area contributed by atoms with E-state index in [1.165, 1.54) is 75.9 Å². The number of non-ortho nitro benzene ring substituents is 1. The summed E-state index contributed by atoms with van der Waals surface area (Å²) in [5.74, 6) is -1.96. The van der Waals surface area contributed by atoms with Crippen LogP contribution in [0.2, 0.25) is 0 Å². The number of carbonyl (C=O) groups is 5. The molecule has 0 aliphatic carbocycles. The minimum Gasteiger partial charge on any atom is -0.458 e. The predicted octanol–water partition coefficient (Wildman–Crippen LogP) is 4.04. The van der Waals surface area contributed by atoms with Crippen LogP contribution in [0.25, 0.3) is 16.9 Å². The lowest BCUT2D eigenvalue weighted by Crippen LogP contribution is -2.57. The number of sulfonamides is 1. The summed E-state index contributed by atoms with van der Waals surface area (Å²) in [7, 11) is -4.13. The molecule has 6 N–H and O–H groups in total. The minimum atomic E-state index is -4.13. The highest BCUT2D eigenvalue weighted by molar-refractivity contribution is 8.02. The highest BCUT2D eigenvalue weighted by atomic mass is 32.2. The van der Waals surface area contributed by atoms with Crippen LogP contribution < -0.4 is 32.5 Å². The number of imidazole rings is 1. The smallest absolute Gasteiger partial charge is 0.335 e. The van der Waals surface area contributed by atoms with E-state index in [1.54, 1.807) is 71.0 Å². The van der Waals surface area contributed by atoms with Gasteiger partial charge in [0, 0.05) is 94.0 Å². The van der Waals surface area contributed by atoms with E-state index in [1.807, 2.05) is 0 Å². The van der Waals surface area contributed by atoms with Gasteiger partial charge in [-0.25, -0.2) is 32.4 Å². The molecule has 1 aliphatic rings. The summed E-state index contributed by atoms with van der Waals surface area (Å²) >= 11 is 1.29. The molecule has 1 saturated heterocycles. The highest BCUT2D eigenvalue weighted by Crippen LogP contribution is 2.42. The zero-order valence-corrected chi connectivity index (χ0v) is 53.9. The quantitative estimate of drug-likeness (QED) is 0.0141. The number of pyridine rings is 2. The molecule has 0 spiro atoms. The molecule has 1 fully saturated rings. The van der Waals surface area contributed by atoms with Gasteiger partial charge < -0.3 is 60.0 Å². The number of carbonyl (C=O) groups excluding carboxylic acids is 5. The van der Waals surface area contributed by atoms with Crippen molar-refractivity contribution < 1.29 is 75.2 Å². The molecule has 2 atom stereocenters. The van der Waals surface area contributed by atoms with Gasteiger partial charge in [0.2, 0.25) is 21.8 Å². The summed E-state index contributed by atoms with van der Waals surface area (Å²) in [6, 6.07) is 15.2. The molecule has 0 unspecified atom stereocenters. The number of nitro groups is 1. The average Bonchev–Trinajstić information content (AvgIpc) is 1.65. The second-order valence-electron chi connectivity index (χ2n) is 22.1. The van der Waals surface area contributed by atoms with E-state index in [4.69, 9.17) is 49.4 Å². The monoisotopic (exact) mass is 1310 g/mol. The van der Waals surface area contributed by atoms with Crippen LogP contribution in [-0.2, 0) is 80.1 Å². The molecular weight excluding hydrogens is 1220 g/mol. The van der Waals surface area contributed by atoms with E-state index < -0.39 is 67.5 Å². The molecule has 3 aromatic heterocycles. The van der Waals surface area contributed by atoms with E-state index >= 15 is 0 Å². The summed E-state index contributed by atoms with van der Waals surface area (Å²) < 4.78 is 73.1. The first-order chi connectivity index (χ1) is 43.6. The van der Waals surface area contributed by atoms with Crippen LogP contribution in [-0.4, -0.2) is 194 Å². The minimum absolute atomic E-state index is 0.00643. The molecule has 0 saturated carbocycles. The van der Waals surface area contributed by atoms with E-state index in [2.05, 4.69) is 20.6 Å². The number of aromatic nitrogens is 4. The van der Waals surface area contributed by atoms with Crippen molar-refractivity contribution in [1.82, 2.24) is 34.0 Å². The third kappa shape index (κ3) is 25.5. The third-order valence-electron chi connectivity index (χ3n) is 13.3. The lowest BCUT2D eigenvalue weighted by molar-refractivity contribution is -0.384. The average molecular weight is 1310 g/mol. The maximum absolute atomic E-state index is 14.1. The van der Waals surface area contributed by atoms with Crippen molar-refractivity contribution in [2.45, 2.75) is 113 Å². The maximum atomic E-state index is 14.1. The number of amides is 2. The molecule has 5 aromatic rings. The molecule has 91 heavy (non-hydrogen) atoms. The van der Waals surface area contributed by atoms with Crippen molar-refractivity contribution in [3.05, 3.63) is 118 Å². The van der Waals surface area contributed by atoms with Gasteiger partial charge in [0.25, 0.3) is 5.69 Å². The van der Waals surface area contributed by atoms with Crippen LogP contribution in [0.5, 0.6) is 5.75 Å². The Morgan fingerprint density at radius 3 is 1.98 bits per heavy atom. The first kappa shape index (κ1) is 74.6. The normalized spacial score (nSPS) is 14.3. The topological polar surface area (TPSA) is 369 Å². The van der Waals surface area contributed by atoms with E-state index in [9.17, 15) is 47.3 Å². The van der Waals surface area contributed by atoms with Gasteiger partial charge in [0.05, 0.1) is 88.1 Å². The standard InChI is InChI=1S/C38H39N7O10S2.C23H47N3O8/c1-37(2,3)55-35(48)29(41-34(47)32-38(4,5)56-23-43(32)57(52,53)28-8-6-18-39-21-28)20-24-10-12-25(13-11-24)44-33-30(9-7-19-40-33)42(36(44)49)22-31(46)54-27-16-14-26(15-17-27)45(50)51;24-7-14-33-20-18-31-12-5-22(27)4-1-2-10-29-16-17-30-11-3-9-26-23(28)6-13-32-19-21-34-15-8-25/h6-19,21,29,32H,20,22-23H2,1-5H3,(H,41,47);1-21,24-25H2,(H,26,28)/t29-,32+;/m0./s1. The number of unbranched alkanes of at least 4 members (excludes halogenated alkanes) is 1. The molecule has 4 heterocycles. The number of rotatable bonds is 40. The Kier molecular flexibility index (Phi) is 31.7. The molecule has 2 aromatic carbocycles. The molecule has 0 bridgehead atoms. The first-order valence-corrected chi connectivity index (χ1v) is 32.3. The van der Waals surface area contributed by atoms with E-state index in [-0.39, 0.29) is 46.0 Å². The molecule has 6 rings (SSSR count). The van der Waals surface area contributed by atoms with Crippen LogP contribution in [0.4, 0.5) is 5.69 Å². The summed E-state index contributed by atoms with van der Waals surface area (Å²) in [4.78, 5) is 96.4. The summed E-state index contributed by atoms with van der Waals surface area (Å²) in [5, 5.41) is 16.6. The van der Waals surface area contributed by atoms with Crippen molar-refractivity contribution in [3.63, 3.8) is 0 Å². The van der Waals surface area contributed by atoms with Crippen LogP contribution >= 0.6 is 11.8 Å². The van der Waals surface area contributed by atoms with Gasteiger partial charge in [-0.3, -0.25) is 34.0 Å².